The van der Waals surface area contributed by atoms with Crippen molar-refractivity contribution in [3.05, 3.63) is 16.8 Å². The number of nitrogens with one attached hydrogen (secondary N) is 1. The van der Waals surface area contributed by atoms with Crippen molar-refractivity contribution in [1.82, 2.24) is 4.98 Å². The molecule has 0 aliphatic carbocycles. The Hall–Kier alpha value is -1.98. The van der Waals surface area contributed by atoms with Crippen LogP contribution in [0.5, 0.6) is 0 Å². The second kappa shape index (κ2) is 6.26. The Labute approximate surface area is 112 Å². The Kier molecular flexibility index (Phi) is 4.97. The molecule has 6 nitrogen and oxygen atoms in total. The van der Waals surface area contributed by atoms with Crippen LogP contribution >= 0.6 is 0 Å². The molecule has 0 fully saturated rings. The minimum atomic E-state index is -0.532. The fraction of sp³-hybridized carbons (Fsp3) is 0.538. The molecule has 0 saturated heterocycles. The largest absolute Gasteiger partial charge is 0.462 e. The Morgan fingerprint density at radius 2 is 1.68 bits per heavy atom. The maximum atomic E-state index is 11.9. The molecule has 19 heavy (non-hydrogen) atoms. The third-order valence-corrected chi connectivity index (χ3v) is 2.60. The van der Waals surface area contributed by atoms with Crippen LogP contribution in [0.2, 0.25) is 0 Å². The van der Waals surface area contributed by atoms with E-state index in [0.717, 1.165) is 0 Å². The monoisotopic (exact) mass is 268 g/mol. The molecule has 1 aromatic rings. The smallest absolute Gasteiger partial charge is 0.355 e. The molecule has 1 rings (SSSR count). The molecule has 0 spiro atoms. The summed E-state index contributed by atoms with van der Waals surface area (Å²) in [7, 11) is 0. The van der Waals surface area contributed by atoms with E-state index in [4.69, 9.17) is 15.2 Å². The number of esters is 2. The molecule has 0 saturated carbocycles. The molecular weight excluding hydrogens is 248 g/mol. The van der Waals surface area contributed by atoms with Crippen LogP contribution in [-0.4, -0.2) is 30.1 Å². The lowest BCUT2D eigenvalue weighted by Gasteiger charge is -2.09. The molecule has 0 aromatic carbocycles. The van der Waals surface area contributed by atoms with Crippen LogP contribution in [0, 0.1) is 0 Å². The molecule has 0 aliphatic heterocycles. The first-order valence-electron chi connectivity index (χ1n) is 6.29. The summed E-state index contributed by atoms with van der Waals surface area (Å²) in [5, 5.41) is 0. The number of aromatic amines is 1. The number of carbonyl (C=O) groups is 2. The van der Waals surface area contributed by atoms with Crippen LogP contribution in [0.4, 0.5) is 5.82 Å². The summed E-state index contributed by atoms with van der Waals surface area (Å²) in [6.07, 6.45) is 0. The van der Waals surface area contributed by atoms with Crippen LogP contribution in [-0.2, 0) is 9.47 Å². The zero-order chi connectivity index (χ0) is 14.6. The average molecular weight is 268 g/mol. The van der Waals surface area contributed by atoms with Gasteiger partial charge in [-0.05, 0) is 19.8 Å². The Balaban J connectivity index is 3.32. The second-order valence-electron chi connectivity index (χ2n) is 4.30. The van der Waals surface area contributed by atoms with Gasteiger partial charge in [0.1, 0.15) is 17.1 Å². The van der Waals surface area contributed by atoms with Crippen LogP contribution in [0.25, 0.3) is 0 Å². The molecular formula is C13H20N2O4. The first kappa shape index (κ1) is 15.1. The number of hydrogen-bond acceptors (Lipinski definition) is 5. The number of nitrogen functional groups attached to an aromatic ring is 1. The zero-order valence-corrected chi connectivity index (χ0v) is 11.7. The number of ether oxygens (including phenoxy) is 2. The number of hydrogen-bond donors (Lipinski definition) is 2. The SMILES string of the molecule is CCOC(=O)c1[nH]c(N)c(C(=O)OCC)c1C(C)C. The summed E-state index contributed by atoms with van der Waals surface area (Å²) in [5.41, 5.74) is 6.76. The van der Waals surface area contributed by atoms with Gasteiger partial charge in [-0.3, -0.25) is 0 Å². The molecule has 1 heterocycles. The van der Waals surface area contributed by atoms with Crippen molar-refractivity contribution in [2.45, 2.75) is 33.6 Å². The van der Waals surface area contributed by atoms with E-state index in [1.165, 1.54) is 0 Å². The van der Waals surface area contributed by atoms with E-state index >= 15 is 0 Å². The van der Waals surface area contributed by atoms with Crippen molar-refractivity contribution in [3.8, 4) is 0 Å². The van der Waals surface area contributed by atoms with Crippen LogP contribution in [0.1, 0.15) is 60.0 Å². The highest BCUT2D eigenvalue weighted by Crippen LogP contribution is 2.29. The maximum Gasteiger partial charge on any atom is 0.355 e. The molecule has 0 aliphatic rings. The van der Waals surface area contributed by atoms with Gasteiger partial charge < -0.3 is 20.2 Å². The molecule has 6 heteroatoms. The third-order valence-electron chi connectivity index (χ3n) is 2.60. The summed E-state index contributed by atoms with van der Waals surface area (Å²) < 4.78 is 9.91. The Bertz CT molecular complexity index is 477. The van der Waals surface area contributed by atoms with E-state index in [2.05, 4.69) is 4.98 Å². The van der Waals surface area contributed by atoms with Crippen molar-refractivity contribution < 1.29 is 19.1 Å². The van der Waals surface area contributed by atoms with E-state index in [0.29, 0.717) is 5.56 Å². The topological polar surface area (TPSA) is 94.4 Å². The minimum absolute atomic E-state index is 0.0626. The summed E-state index contributed by atoms with van der Waals surface area (Å²) in [5.74, 6) is -0.985. The van der Waals surface area contributed by atoms with Gasteiger partial charge in [0.2, 0.25) is 0 Å². The number of anilines is 1. The minimum Gasteiger partial charge on any atom is -0.462 e. The van der Waals surface area contributed by atoms with Gasteiger partial charge in [0.25, 0.3) is 0 Å². The quantitative estimate of drug-likeness (QED) is 0.797. The fourth-order valence-electron chi connectivity index (χ4n) is 1.90. The second-order valence-corrected chi connectivity index (χ2v) is 4.30. The lowest BCUT2D eigenvalue weighted by Crippen LogP contribution is -2.12. The van der Waals surface area contributed by atoms with Gasteiger partial charge in [0.15, 0.2) is 0 Å². The predicted molar refractivity (Wildman–Crippen MR) is 71.2 cm³/mol. The molecule has 3 N–H and O–H groups in total. The van der Waals surface area contributed by atoms with E-state index in [1.54, 1.807) is 13.8 Å². The van der Waals surface area contributed by atoms with E-state index in [9.17, 15) is 9.59 Å². The summed E-state index contributed by atoms with van der Waals surface area (Å²) in [6.45, 7) is 7.66. The van der Waals surface area contributed by atoms with Gasteiger partial charge >= 0.3 is 11.9 Å². The standard InChI is InChI=1S/C13H20N2O4/c1-5-18-12(16)9-8(7(3)4)10(15-11(9)14)13(17)19-6-2/h7,15H,5-6,14H2,1-4H3. The molecule has 0 unspecified atom stereocenters. The highest BCUT2D eigenvalue weighted by molar-refractivity contribution is 6.02. The Morgan fingerprint density at radius 3 is 2.16 bits per heavy atom. The lowest BCUT2D eigenvalue weighted by molar-refractivity contribution is 0.0518. The van der Waals surface area contributed by atoms with E-state index < -0.39 is 11.9 Å². The molecule has 106 valence electrons. The molecule has 0 amide bonds. The molecule has 1 aromatic heterocycles. The van der Waals surface area contributed by atoms with Crippen molar-refractivity contribution in [1.29, 1.82) is 0 Å². The van der Waals surface area contributed by atoms with Gasteiger partial charge in [-0.25, -0.2) is 9.59 Å². The average Bonchev–Trinajstić information content (AvgIpc) is 2.67. The summed E-state index contributed by atoms with van der Waals surface area (Å²) in [4.78, 5) is 26.5. The summed E-state index contributed by atoms with van der Waals surface area (Å²) in [6, 6.07) is 0. The zero-order valence-electron chi connectivity index (χ0n) is 11.7. The van der Waals surface area contributed by atoms with Crippen LogP contribution in [0.3, 0.4) is 0 Å². The van der Waals surface area contributed by atoms with Crippen molar-refractivity contribution >= 4 is 17.8 Å². The number of rotatable bonds is 5. The van der Waals surface area contributed by atoms with Crippen molar-refractivity contribution in [3.63, 3.8) is 0 Å². The predicted octanol–water partition coefficient (Wildman–Crippen LogP) is 2.07. The number of aromatic nitrogens is 1. The molecule has 0 bridgehead atoms. The summed E-state index contributed by atoms with van der Waals surface area (Å²) >= 11 is 0. The number of nitrogens with two attached hydrogens (primary N) is 1. The highest BCUT2D eigenvalue weighted by Gasteiger charge is 2.28. The maximum absolute atomic E-state index is 11.9. The van der Waals surface area contributed by atoms with Gasteiger partial charge in [-0.2, -0.15) is 0 Å². The first-order chi connectivity index (χ1) is 8.93. The van der Waals surface area contributed by atoms with Gasteiger partial charge in [-0.1, -0.05) is 13.8 Å². The molecule has 0 atom stereocenters. The number of H-pyrrole nitrogens is 1. The van der Waals surface area contributed by atoms with E-state index in [1.807, 2.05) is 13.8 Å². The van der Waals surface area contributed by atoms with E-state index in [-0.39, 0.29) is 36.2 Å². The van der Waals surface area contributed by atoms with Crippen molar-refractivity contribution in [2.24, 2.45) is 0 Å². The van der Waals surface area contributed by atoms with Crippen LogP contribution in [0.15, 0.2) is 0 Å². The highest BCUT2D eigenvalue weighted by atomic mass is 16.5. The number of carbonyl (C=O) groups excluding carboxylic acids is 2. The van der Waals surface area contributed by atoms with Gasteiger partial charge in [0.05, 0.1) is 13.2 Å². The normalized spacial score (nSPS) is 10.6. The fourth-order valence-corrected chi connectivity index (χ4v) is 1.90. The molecule has 0 radical (unpaired) electrons. The van der Waals surface area contributed by atoms with Crippen molar-refractivity contribution in [2.75, 3.05) is 18.9 Å². The lowest BCUT2D eigenvalue weighted by atomic mass is 9.98. The van der Waals surface area contributed by atoms with Gasteiger partial charge in [-0.15, -0.1) is 0 Å². The van der Waals surface area contributed by atoms with Crippen LogP contribution < -0.4 is 5.73 Å². The van der Waals surface area contributed by atoms with Gasteiger partial charge in [0, 0.05) is 5.56 Å². The Morgan fingerprint density at radius 1 is 1.16 bits per heavy atom. The third kappa shape index (κ3) is 3.07. The first-order valence-corrected chi connectivity index (χ1v) is 6.29.